The number of benzene rings is 1. The molecular formula is C18H25NS. The zero-order valence-corrected chi connectivity index (χ0v) is 13.5. The van der Waals surface area contributed by atoms with Crippen molar-refractivity contribution in [2.24, 2.45) is 0 Å². The zero-order valence-electron chi connectivity index (χ0n) is 12.7. The largest absolute Gasteiger partial charge is 0.307 e. The fraction of sp³-hybridized carbons (Fsp3) is 0.444. The minimum Gasteiger partial charge on any atom is -0.307 e. The van der Waals surface area contributed by atoms with Crippen LogP contribution in [0.1, 0.15) is 48.0 Å². The van der Waals surface area contributed by atoms with Gasteiger partial charge in [0.2, 0.25) is 0 Å². The number of nitrogens with one attached hydrogen (secondary N) is 1. The summed E-state index contributed by atoms with van der Waals surface area (Å²) in [5, 5.41) is 3.80. The molecule has 0 fully saturated rings. The van der Waals surface area contributed by atoms with Gasteiger partial charge in [0.25, 0.3) is 0 Å². The van der Waals surface area contributed by atoms with E-state index in [2.05, 4.69) is 68.6 Å². The molecule has 2 heteroatoms. The summed E-state index contributed by atoms with van der Waals surface area (Å²) in [7, 11) is 0. The molecule has 0 aliphatic heterocycles. The molecule has 2 aromatic rings. The molecule has 0 saturated heterocycles. The van der Waals surface area contributed by atoms with Gasteiger partial charge < -0.3 is 5.32 Å². The number of thiophene rings is 1. The smallest absolute Gasteiger partial charge is 0.0322 e. The minimum atomic E-state index is 0.470. The van der Waals surface area contributed by atoms with Gasteiger partial charge in [-0.3, -0.25) is 0 Å². The van der Waals surface area contributed by atoms with E-state index < -0.39 is 0 Å². The molecule has 1 nitrogen and oxygen atoms in total. The topological polar surface area (TPSA) is 12.0 Å². The maximum absolute atomic E-state index is 3.80. The Bertz CT molecular complexity index is 503. The summed E-state index contributed by atoms with van der Waals surface area (Å²) in [5.41, 5.74) is 1.41. The molecule has 0 saturated carbocycles. The third kappa shape index (κ3) is 4.46. The van der Waals surface area contributed by atoms with Crippen molar-refractivity contribution in [1.82, 2.24) is 5.32 Å². The first-order chi connectivity index (χ1) is 9.69. The van der Waals surface area contributed by atoms with Crippen LogP contribution in [-0.2, 0) is 6.42 Å². The molecule has 108 valence electrons. The summed E-state index contributed by atoms with van der Waals surface area (Å²) in [5.74, 6) is 0. The molecule has 0 aliphatic rings. The second-order valence-electron chi connectivity index (χ2n) is 5.54. The quantitative estimate of drug-likeness (QED) is 0.745. The number of aryl methyl sites for hydroxylation is 1. The highest BCUT2D eigenvalue weighted by Crippen LogP contribution is 2.21. The summed E-state index contributed by atoms with van der Waals surface area (Å²) in [6, 6.07) is 16.3. The van der Waals surface area contributed by atoms with E-state index in [1.807, 2.05) is 11.3 Å². The first-order valence-corrected chi connectivity index (χ1v) is 8.37. The van der Waals surface area contributed by atoms with E-state index in [1.165, 1.54) is 28.2 Å². The highest BCUT2D eigenvalue weighted by Gasteiger charge is 2.14. The van der Waals surface area contributed by atoms with Crippen LogP contribution in [0.5, 0.6) is 0 Å². The van der Waals surface area contributed by atoms with Crippen molar-refractivity contribution in [3.63, 3.8) is 0 Å². The summed E-state index contributed by atoms with van der Waals surface area (Å²) in [6.07, 6.45) is 3.51. The summed E-state index contributed by atoms with van der Waals surface area (Å²) in [4.78, 5) is 2.88. The van der Waals surface area contributed by atoms with Crippen molar-refractivity contribution < 1.29 is 0 Å². The lowest BCUT2D eigenvalue weighted by Gasteiger charge is -2.23. The van der Waals surface area contributed by atoms with Crippen LogP contribution in [0.4, 0.5) is 0 Å². The van der Waals surface area contributed by atoms with Crippen LogP contribution in [0.2, 0.25) is 0 Å². The molecule has 2 rings (SSSR count). The average Bonchev–Trinajstić information content (AvgIpc) is 2.84. The van der Waals surface area contributed by atoms with Gasteiger partial charge in [0.15, 0.2) is 0 Å². The molecule has 0 amide bonds. The van der Waals surface area contributed by atoms with E-state index in [9.17, 15) is 0 Å². The van der Waals surface area contributed by atoms with Crippen LogP contribution in [0.25, 0.3) is 0 Å². The van der Waals surface area contributed by atoms with Gasteiger partial charge in [-0.15, -0.1) is 11.3 Å². The molecule has 1 N–H and O–H groups in total. The van der Waals surface area contributed by atoms with E-state index in [-0.39, 0.29) is 0 Å². The molecule has 2 unspecified atom stereocenters. The van der Waals surface area contributed by atoms with Gasteiger partial charge in [-0.1, -0.05) is 43.7 Å². The van der Waals surface area contributed by atoms with Crippen LogP contribution in [-0.4, -0.2) is 6.04 Å². The lowest BCUT2D eigenvalue weighted by Crippen LogP contribution is -2.32. The first-order valence-electron chi connectivity index (χ1n) is 7.55. The van der Waals surface area contributed by atoms with Crippen molar-refractivity contribution in [3.8, 4) is 0 Å². The summed E-state index contributed by atoms with van der Waals surface area (Å²) < 4.78 is 0. The van der Waals surface area contributed by atoms with Crippen LogP contribution in [0, 0.1) is 6.92 Å². The molecule has 0 bridgehead atoms. The second kappa shape index (κ2) is 7.61. The maximum atomic E-state index is 3.80. The Morgan fingerprint density at radius 1 is 1.10 bits per heavy atom. The number of hydrogen-bond donors (Lipinski definition) is 1. The predicted octanol–water partition coefficient (Wildman–Crippen LogP) is 5.12. The summed E-state index contributed by atoms with van der Waals surface area (Å²) >= 11 is 1.91. The second-order valence-corrected chi connectivity index (χ2v) is 6.91. The van der Waals surface area contributed by atoms with Gasteiger partial charge >= 0.3 is 0 Å². The molecule has 20 heavy (non-hydrogen) atoms. The molecule has 0 aliphatic carbocycles. The zero-order chi connectivity index (χ0) is 14.4. The Kier molecular flexibility index (Phi) is 5.81. The molecule has 1 heterocycles. The highest BCUT2D eigenvalue weighted by atomic mass is 32.1. The standard InChI is InChI=1S/C18H25NS/c1-4-8-18(16-9-6-5-7-10-16)19-14(2)13-17-12-11-15(3)20-17/h5-7,9-12,14,18-19H,4,8,13H2,1-3H3. The number of hydrogen-bond acceptors (Lipinski definition) is 2. The highest BCUT2D eigenvalue weighted by molar-refractivity contribution is 7.11. The van der Waals surface area contributed by atoms with E-state index in [0.29, 0.717) is 12.1 Å². The third-order valence-electron chi connectivity index (χ3n) is 3.57. The SMILES string of the molecule is CCCC(NC(C)Cc1ccc(C)s1)c1ccccc1. The normalized spacial score (nSPS) is 14.2. The van der Waals surface area contributed by atoms with Gasteiger partial charge in [0, 0.05) is 21.8 Å². The molecule has 0 spiro atoms. The van der Waals surface area contributed by atoms with Crippen molar-refractivity contribution >= 4 is 11.3 Å². The van der Waals surface area contributed by atoms with Crippen LogP contribution in [0.3, 0.4) is 0 Å². The fourth-order valence-electron chi connectivity index (χ4n) is 2.62. The Balaban J connectivity index is 1.97. The Morgan fingerprint density at radius 2 is 1.85 bits per heavy atom. The average molecular weight is 287 g/mol. The summed E-state index contributed by atoms with van der Waals surface area (Å²) in [6.45, 7) is 6.72. The first kappa shape index (κ1) is 15.3. The van der Waals surface area contributed by atoms with Crippen LogP contribution in [0.15, 0.2) is 42.5 Å². The van der Waals surface area contributed by atoms with Gasteiger partial charge in [-0.25, -0.2) is 0 Å². The van der Waals surface area contributed by atoms with E-state index in [0.717, 1.165) is 6.42 Å². The van der Waals surface area contributed by atoms with Crippen LogP contribution < -0.4 is 5.32 Å². The van der Waals surface area contributed by atoms with E-state index in [1.54, 1.807) is 0 Å². The van der Waals surface area contributed by atoms with Gasteiger partial charge in [-0.2, -0.15) is 0 Å². The molecule has 0 radical (unpaired) electrons. The monoisotopic (exact) mass is 287 g/mol. The van der Waals surface area contributed by atoms with Crippen molar-refractivity contribution in [2.75, 3.05) is 0 Å². The fourth-order valence-corrected chi connectivity index (χ4v) is 3.64. The Hall–Kier alpha value is -1.12. The third-order valence-corrected chi connectivity index (χ3v) is 4.59. The predicted molar refractivity (Wildman–Crippen MR) is 89.4 cm³/mol. The maximum Gasteiger partial charge on any atom is 0.0322 e. The van der Waals surface area contributed by atoms with Crippen LogP contribution >= 0.6 is 11.3 Å². The van der Waals surface area contributed by atoms with E-state index >= 15 is 0 Å². The van der Waals surface area contributed by atoms with Crippen molar-refractivity contribution in [1.29, 1.82) is 0 Å². The van der Waals surface area contributed by atoms with Gasteiger partial charge in [0.1, 0.15) is 0 Å². The number of rotatable bonds is 7. The molecule has 2 atom stereocenters. The lowest BCUT2D eigenvalue weighted by molar-refractivity contribution is 0.430. The molecule has 1 aromatic heterocycles. The van der Waals surface area contributed by atoms with E-state index in [4.69, 9.17) is 0 Å². The van der Waals surface area contributed by atoms with Gasteiger partial charge in [0.05, 0.1) is 0 Å². The van der Waals surface area contributed by atoms with Crippen molar-refractivity contribution in [3.05, 3.63) is 57.8 Å². The Labute approximate surface area is 127 Å². The lowest BCUT2D eigenvalue weighted by atomic mass is 10.0. The molecular weight excluding hydrogens is 262 g/mol. The minimum absolute atomic E-state index is 0.470. The molecule has 1 aromatic carbocycles. The van der Waals surface area contributed by atoms with Gasteiger partial charge in [-0.05, 0) is 44.4 Å². The Morgan fingerprint density at radius 3 is 2.45 bits per heavy atom. The van der Waals surface area contributed by atoms with Crippen molar-refractivity contribution in [2.45, 2.75) is 52.1 Å².